The number of aliphatic hydroxyl groups excluding tert-OH is 1. The molecule has 0 spiro atoms. The molecule has 0 radical (unpaired) electrons. The number of amides is 1. The van der Waals surface area contributed by atoms with Crippen LogP contribution >= 0.6 is 0 Å². The Morgan fingerprint density at radius 2 is 2.00 bits per heavy atom. The van der Waals surface area contributed by atoms with E-state index in [-0.39, 0.29) is 5.75 Å². The molecule has 1 saturated heterocycles. The molecule has 1 fully saturated rings. The molecule has 1 amide bonds. The Kier molecular flexibility index (Phi) is 3.30. The molecule has 15 heavy (non-hydrogen) atoms. The van der Waals surface area contributed by atoms with Gasteiger partial charge in [-0.2, -0.15) is 0 Å². The van der Waals surface area contributed by atoms with Crippen LogP contribution in [-0.2, 0) is 24.2 Å². The summed E-state index contributed by atoms with van der Waals surface area (Å²) in [6.45, 7) is 0. The third-order valence-corrected chi connectivity index (χ3v) is 3.73. The smallest absolute Gasteiger partial charge is 0.396 e. The van der Waals surface area contributed by atoms with Crippen LogP contribution in [0.1, 0.15) is 0 Å². The second-order valence-corrected chi connectivity index (χ2v) is 5.37. The predicted octanol–water partition coefficient (Wildman–Crippen LogP) is -2.57. The van der Waals surface area contributed by atoms with Crippen molar-refractivity contribution in [3.63, 3.8) is 0 Å². The third kappa shape index (κ3) is 2.90. The lowest BCUT2D eigenvalue weighted by Crippen LogP contribution is -2.45. The van der Waals surface area contributed by atoms with E-state index in [9.17, 15) is 23.1 Å². The van der Waals surface area contributed by atoms with E-state index < -0.39 is 39.6 Å². The fraction of sp³-hybridized carbons (Fsp3) is 0.714. The van der Waals surface area contributed by atoms with Gasteiger partial charge in [-0.05, 0) is 0 Å². The summed E-state index contributed by atoms with van der Waals surface area (Å²) in [4.78, 5) is 21.7. The van der Waals surface area contributed by atoms with E-state index in [0.717, 1.165) is 7.11 Å². The summed E-state index contributed by atoms with van der Waals surface area (Å²) >= 11 is 0. The Labute approximate surface area is 86.3 Å². The molecule has 86 valence electrons. The first kappa shape index (κ1) is 11.9. The molecule has 0 aromatic carbocycles. The summed E-state index contributed by atoms with van der Waals surface area (Å²) in [5.41, 5.74) is 0. The second-order valence-electron chi connectivity index (χ2n) is 3.22. The lowest BCUT2D eigenvalue weighted by Gasteiger charge is -2.13. The summed E-state index contributed by atoms with van der Waals surface area (Å²) in [6.07, 6.45) is -1.18. The SMILES string of the molecule is COC(=O)C(=O)N[C@H]1CS(=O)(=O)C[C@H]1O. The summed E-state index contributed by atoms with van der Waals surface area (Å²) in [6, 6.07) is -0.943. The van der Waals surface area contributed by atoms with Crippen molar-refractivity contribution in [2.24, 2.45) is 0 Å². The first-order valence-corrected chi connectivity index (χ1v) is 5.95. The number of hydrogen-bond donors (Lipinski definition) is 2. The number of carbonyl (C=O) groups excluding carboxylic acids is 2. The molecule has 0 aromatic rings. The van der Waals surface area contributed by atoms with Gasteiger partial charge in [0.15, 0.2) is 9.84 Å². The Balaban J connectivity index is 2.61. The van der Waals surface area contributed by atoms with Gasteiger partial charge in [0.05, 0.1) is 30.8 Å². The zero-order valence-electron chi connectivity index (χ0n) is 7.97. The fourth-order valence-corrected chi connectivity index (χ4v) is 3.03. The zero-order valence-corrected chi connectivity index (χ0v) is 8.78. The highest BCUT2D eigenvalue weighted by molar-refractivity contribution is 7.91. The van der Waals surface area contributed by atoms with E-state index in [0.29, 0.717) is 0 Å². The number of sulfone groups is 1. The minimum Gasteiger partial charge on any atom is -0.462 e. The molecular formula is C7H11NO6S. The van der Waals surface area contributed by atoms with Crippen molar-refractivity contribution >= 4 is 21.7 Å². The van der Waals surface area contributed by atoms with Crippen molar-refractivity contribution in [1.82, 2.24) is 5.32 Å². The molecule has 8 heteroatoms. The first-order chi connectivity index (χ1) is 6.85. The van der Waals surface area contributed by atoms with E-state index in [1.165, 1.54) is 0 Å². The van der Waals surface area contributed by atoms with Gasteiger partial charge in [0, 0.05) is 0 Å². The van der Waals surface area contributed by atoms with Crippen molar-refractivity contribution in [3.8, 4) is 0 Å². The topological polar surface area (TPSA) is 110 Å². The summed E-state index contributed by atoms with van der Waals surface area (Å²) in [5, 5.41) is 11.4. The van der Waals surface area contributed by atoms with E-state index in [1.807, 2.05) is 0 Å². The van der Waals surface area contributed by atoms with Crippen LogP contribution in [0.5, 0.6) is 0 Å². The van der Waals surface area contributed by atoms with E-state index in [4.69, 9.17) is 0 Å². The number of ether oxygens (including phenoxy) is 1. The third-order valence-electron chi connectivity index (χ3n) is 2.01. The zero-order chi connectivity index (χ0) is 11.6. The van der Waals surface area contributed by atoms with Crippen molar-refractivity contribution in [2.75, 3.05) is 18.6 Å². The number of methoxy groups -OCH3 is 1. The molecule has 0 aromatic heterocycles. The Morgan fingerprint density at radius 3 is 2.40 bits per heavy atom. The number of nitrogens with one attached hydrogen (secondary N) is 1. The number of carbonyl (C=O) groups is 2. The normalized spacial score (nSPS) is 28.4. The largest absolute Gasteiger partial charge is 0.462 e. The van der Waals surface area contributed by atoms with Crippen LogP contribution in [0.3, 0.4) is 0 Å². The lowest BCUT2D eigenvalue weighted by atomic mass is 10.2. The van der Waals surface area contributed by atoms with Crippen molar-refractivity contribution in [3.05, 3.63) is 0 Å². The summed E-state index contributed by atoms with van der Waals surface area (Å²) in [7, 11) is -2.31. The van der Waals surface area contributed by atoms with Crippen LogP contribution in [0.15, 0.2) is 0 Å². The highest BCUT2D eigenvalue weighted by atomic mass is 32.2. The average Bonchev–Trinajstić information content (AvgIpc) is 2.38. The average molecular weight is 237 g/mol. The number of esters is 1. The molecule has 1 heterocycles. The van der Waals surface area contributed by atoms with Crippen molar-refractivity contribution < 1.29 is 27.9 Å². The molecule has 2 atom stereocenters. The molecule has 1 rings (SSSR count). The van der Waals surface area contributed by atoms with Gasteiger partial charge in [0.2, 0.25) is 0 Å². The molecule has 0 aliphatic carbocycles. The minimum atomic E-state index is -3.34. The molecule has 0 bridgehead atoms. The number of hydrogen-bond acceptors (Lipinski definition) is 6. The van der Waals surface area contributed by atoms with Crippen LogP contribution < -0.4 is 5.32 Å². The van der Waals surface area contributed by atoms with Crippen molar-refractivity contribution in [1.29, 1.82) is 0 Å². The van der Waals surface area contributed by atoms with Crippen LogP contribution in [0.2, 0.25) is 0 Å². The van der Waals surface area contributed by atoms with Gasteiger partial charge in [0.25, 0.3) is 0 Å². The van der Waals surface area contributed by atoms with E-state index in [1.54, 1.807) is 0 Å². The van der Waals surface area contributed by atoms with Crippen LogP contribution in [-0.4, -0.2) is 56.2 Å². The number of rotatable bonds is 1. The molecule has 1 aliphatic rings. The van der Waals surface area contributed by atoms with Gasteiger partial charge in [0.1, 0.15) is 0 Å². The minimum absolute atomic E-state index is 0.364. The highest BCUT2D eigenvalue weighted by Crippen LogP contribution is 2.12. The standard InChI is InChI=1S/C7H11NO6S/c1-14-7(11)6(10)8-4-2-15(12,13)3-5(4)9/h4-5,9H,2-3H2,1H3,(H,8,10)/t4-,5+/m0/s1. The Morgan fingerprint density at radius 1 is 1.40 bits per heavy atom. The molecule has 0 unspecified atom stereocenters. The maximum Gasteiger partial charge on any atom is 0.396 e. The summed E-state index contributed by atoms with van der Waals surface area (Å²) in [5.74, 6) is -2.94. The molecule has 0 saturated carbocycles. The molecule has 1 aliphatic heterocycles. The van der Waals surface area contributed by atoms with Crippen LogP contribution in [0.4, 0.5) is 0 Å². The second kappa shape index (κ2) is 4.15. The van der Waals surface area contributed by atoms with Gasteiger partial charge in [-0.3, -0.25) is 4.79 Å². The van der Waals surface area contributed by atoms with Gasteiger partial charge >= 0.3 is 11.9 Å². The lowest BCUT2D eigenvalue weighted by molar-refractivity contribution is -0.153. The molecular weight excluding hydrogens is 226 g/mol. The quantitative estimate of drug-likeness (QED) is 0.383. The fourth-order valence-electron chi connectivity index (χ4n) is 1.29. The monoisotopic (exact) mass is 237 g/mol. The number of aliphatic hydroxyl groups is 1. The van der Waals surface area contributed by atoms with Gasteiger partial charge in [-0.25, -0.2) is 13.2 Å². The predicted molar refractivity (Wildman–Crippen MR) is 48.6 cm³/mol. The van der Waals surface area contributed by atoms with Gasteiger partial charge in [-0.15, -0.1) is 0 Å². The molecule has 7 nitrogen and oxygen atoms in total. The van der Waals surface area contributed by atoms with Gasteiger partial charge in [-0.1, -0.05) is 0 Å². The Hall–Kier alpha value is -1.15. The van der Waals surface area contributed by atoms with Gasteiger partial charge < -0.3 is 15.2 Å². The molecule has 2 N–H and O–H groups in total. The van der Waals surface area contributed by atoms with E-state index >= 15 is 0 Å². The maximum atomic E-state index is 11.0. The van der Waals surface area contributed by atoms with Crippen molar-refractivity contribution in [2.45, 2.75) is 12.1 Å². The summed E-state index contributed by atoms with van der Waals surface area (Å²) < 4.78 is 26.2. The van der Waals surface area contributed by atoms with E-state index in [2.05, 4.69) is 10.1 Å². The van der Waals surface area contributed by atoms with Crippen LogP contribution in [0, 0.1) is 0 Å². The maximum absolute atomic E-state index is 11.0. The van der Waals surface area contributed by atoms with Crippen LogP contribution in [0.25, 0.3) is 0 Å². The Bertz CT molecular complexity index is 375. The first-order valence-electron chi connectivity index (χ1n) is 4.13. The highest BCUT2D eigenvalue weighted by Gasteiger charge is 2.38.